The Balaban J connectivity index is 2.46. The number of nitrogens with zero attached hydrogens (tertiary/aromatic N) is 2. The zero-order valence-electron chi connectivity index (χ0n) is 9.40. The van der Waals surface area contributed by atoms with Crippen LogP contribution in [0.15, 0.2) is 30.7 Å². The molecule has 0 aliphatic heterocycles. The van der Waals surface area contributed by atoms with Crippen molar-refractivity contribution < 1.29 is 17.9 Å². The number of methoxy groups -OCH3 is 1. The van der Waals surface area contributed by atoms with Crippen LogP contribution in [-0.2, 0) is 6.18 Å². The second kappa shape index (κ2) is 4.25. The lowest BCUT2D eigenvalue weighted by molar-refractivity contribution is -0.140. The van der Waals surface area contributed by atoms with Gasteiger partial charge in [0.2, 0.25) is 0 Å². The van der Waals surface area contributed by atoms with E-state index >= 15 is 0 Å². The number of benzene rings is 1. The average molecular weight is 257 g/mol. The molecule has 4 nitrogen and oxygen atoms in total. The minimum Gasteiger partial charge on any atom is -0.494 e. The van der Waals surface area contributed by atoms with Crippen molar-refractivity contribution in [2.45, 2.75) is 6.18 Å². The van der Waals surface area contributed by atoms with Gasteiger partial charge in [-0.3, -0.25) is 0 Å². The molecule has 0 radical (unpaired) electrons. The Labute approximate surface area is 101 Å². The van der Waals surface area contributed by atoms with Crippen molar-refractivity contribution >= 4 is 5.69 Å². The largest absolute Gasteiger partial charge is 0.494 e. The predicted molar refractivity (Wildman–Crippen MR) is 59.5 cm³/mol. The number of nitrogen functional groups attached to an aromatic ring is 1. The van der Waals surface area contributed by atoms with Crippen LogP contribution in [0.25, 0.3) is 5.69 Å². The van der Waals surface area contributed by atoms with E-state index in [0.717, 1.165) is 12.5 Å². The molecule has 2 rings (SSSR count). The number of nitrogens with two attached hydrogens (primary N) is 1. The van der Waals surface area contributed by atoms with Gasteiger partial charge in [0.25, 0.3) is 0 Å². The molecule has 18 heavy (non-hydrogen) atoms. The van der Waals surface area contributed by atoms with E-state index in [1.54, 1.807) is 12.1 Å². The van der Waals surface area contributed by atoms with Crippen LogP contribution >= 0.6 is 0 Å². The summed E-state index contributed by atoms with van der Waals surface area (Å²) in [5, 5.41) is 0. The fourth-order valence-electron chi connectivity index (χ4n) is 1.51. The van der Waals surface area contributed by atoms with Crippen LogP contribution in [0.2, 0.25) is 0 Å². The van der Waals surface area contributed by atoms with E-state index in [0.29, 0.717) is 17.1 Å². The third kappa shape index (κ3) is 2.24. The number of halogens is 3. The summed E-state index contributed by atoms with van der Waals surface area (Å²) >= 11 is 0. The maximum absolute atomic E-state index is 12.4. The number of alkyl halides is 3. The van der Waals surface area contributed by atoms with Gasteiger partial charge in [-0.25, -0.2) is 4.98 Å². The van der Waals surface area contributed by atoms with Gasteiger partial charge in [0.15, 0.2) is 5.69 Å². The Kier molecular flexibility index (Phi) is 2.90. The van der Waals surface area contributed by atoms with Gasteiger partial charge >= 0.3 is 6.18 Å². The number of ether oxygens (including phenoxy) is 1. The molecule has 1 aromatic heterocycles. The molecular weight excluding hydrogens is 247 g/mol. The van der Waals surface area contributed by atoms with Crippen LogP contribution in [0, 0.1) is 0 Å². The molecule has 0 unspecified atom stereocenters. The maximum Gasteiger partial charge on any atom is 0.434 e. The highest BCUT2D eigenvalue weighted by atomic mass is 19.4. The molecule has 0 amide bonds. The molecule has 0 fully saturated rings. The number of hydrogen-bond acceptors (Lipinski definition) is 3. The van der Waals surface area contributed by atoms with E-state index in [4.69, 9.17) is 10.5 Å². The highest BCUT2D eigenvalue weighted by Crippen LogP contribution is 2.30. The third-order valence-electron chi connectivity index (χ3n) is 2.35. The minimum absolute atomic E-state index is 0.376. The second-order valence-corrected chi connectivity index (χ2v) is 3.60. The molecule has 0 aliphatic carbocycles. The first-order valence-corrected chi connectivity index (χ1v) is 4.97. The average Bonchev–Trinajstić information content (AvgIpc) is 2.77. The van der Waals surface area contributed by atoms with E-state index in [2.05, 4.69) is 4.98 Å². The van der Waals surface area contributed by atoms with Crippen LogP contribution in [0.1, 0.15) is 5.69 Å². The molecule has 0 aliphatic rings. The summed E-state index contributed by atoms with van der Waals surface area (Å²) in [6.45, 7) is 0. The summed E-state index contributed by atoms with van der Waals surface area (Å²) in [6.07, 6.45) is -2.49. The summed E-state index contributed by atoms with van der Waals surface area (Å²) in [5.41, 5.74) is 5.52. The third-order valence-corrected chi connectivity index (χ3v) is 2.35. The van der Waals surface area contributed by atoms with Crippen LogP contribution in [0.3, 0.4) is 0 Å². The molecule has 2 N–H and O–H groups in total. The number of hydrogen-bond donors (Lipinski definition) is 1. The van der Waals surface area contributed by atoms with Gasteiger partial charge in [0.05, 0.1) is 19.1 Å². The van der Waals surface area contributed by atoms with Gasteiger partial charge in [-0.05, 0) is 12.1 Å². The van der Waals surface area contributed by atoms with Crippen molar-refractivity contribution in [3.63, 3.8) is 0 Å². The van der Waals surface area contributed by atoms with Crippen molar-refractivity contribution in [2.24, 2.45) is 0 Å². The number of rotatable bonds is 2. The molecule has 0 saturated carbocycles. The van der Waals surface area contributed by atoms with E-state index in [9.17, 15) is 13.2 Å². The lowest BCUT2D eigenvalue weighted by Gasteiger charge is -2.09. The molecule has 7 heteroatoms. The molecule has 0 bridgehead atoms. The topological polar surface area (TPSA) is 53.1 Å². The van der Waals surface area contributed by atoms with Gasteiger partial charge in [0, 0.05) is 18.0 Å². The maximum atomic E-state index is 12.4. The Hall–Kier alpha value is -2.18. The van der Waals surface area contributed by atoms with Gasteiger partial charge < -0.3 is 15.0 Å². The molecule has 1 aromatic carbocycles. The molecule has 0 spiro atoms. The van der Waals surface area contributed by atoms with Crippen molar-refractivity contribution in [1.82, 2.24) is 9.55 Å². The number of aromatic nitrogens is 2. The van der Waals surface area contributed by atoms with Gasteiger partial charge in [-0.1, -0.05) is 0 Å². The number of anilines is 1. The van der Waals surface area contributed by atoms with Gasteiger partial charge in [0.1, 0.15) is 5.75 Å². The monoisotopic (exact) mass is 257 g/mol. The second-order valence-electron chi connectivity index (χ2n) is 3.60. The molecule has 96 valence electrons. The zero-order chi connectivity index (χ0) is 13.3. The van der Waals surface area contributed by atoms with E-state index in [1.165, 1.54) is 17.7 Å². The Morgan fingerprint density at radius 2 is 2.06 bits per heavy atom. The van der Waals surface area contributed by atoms with Crippen LogP contribution < -0.4 is 10.5 Å². The Morgan fingerprint density at radius 3 is 2.61 bits per heavy atom. The zero-order valence-corrected chi connectivity index (χ0v) is 9.40. The number of imidazole rings is 1. The highest BCUT2D eigenvalue weighted by molar-refractivity contribution is 5.55. The summed E-state index contributed by atoms with van der Waals surface area (Å²) in [4.78, 5) is 3.31. The van der Waals surface area contributed by atoms with Crippen molar-refractivity contribution in [3.8, 4) is 11.4 Å². The lowest BCUT2D eigenvalue weighted by Crippen LogP contribution is -2.05. The van der Waals surface area contributed by atoms with Crippen molar-refractivity contribution in [2.75, 3.05) is 12.8 Å². The van der Waals surface area contributed by atoms with Crippen LogP contribution in [0.4, 0.5) is 18.9 Å². The van der Waals surface area contributed by atoms with Crippen LogP contribution in [0.5, 0.6) is 5.75 Å². The minimum atomic E-state index is -4.47. The fraction of sp³-hybridized carbons (Fsp3) is 0.182. The fourth-order valence-corrected chi connectivity index (χ4v) is 1.51. The SMILES string of the molecule is COc1cc(N)ccc1-n1cnc(C(F)(F)F)c1. The Bertz CT molecular complexity index is 563. The first-order chi connectivity index (χ1) is 8.41. The lowest BCUT2D eigenvalue weighted by atomic mass is 10.2. The first-order valence-electron chi connectivity index (χ1n) is 4.97. The highest BCUT2D eigenvalue weighted by Gasteiger charge is 2.33. The standard InChI is InChI=1S/C11H10F3N3O/c1-18-9-4-7(15)2-3-8(9)17-5-10(16-6-17)11(12,13)14/h2-6H,15H2,1H3. The summed E-state index contributed by atoms with van der Waals surface area (Å²) < 4.78 is 43.6. The van der Waals surface area contributed by atoms with Crippen molar-refractivity contribution in [1.29, 1.82) is 0 Å². The quantitative estimate of drug-likeness (QED) is 0.841. The Morgan fingerprint density at radius 1 is 1.33 bits per heavy atom. The summed E-state index contributed by atoms with van der Waals surface area (Å²) in [5.74, 6) is 0.376. The first kappa shape index (κ1) is 12.3. The van der Waals surface area contributed by atoms with Crippen LogP contribution in [-0.4, -0.2) is 16.7 Å². The van der Waals surface area contributed by atoms with E-state index < -0.39 is 11.9 Å². The van der Waals surface area contributed by atoms with E-state index in [-0.39, 0.29) is 0 Å². The molecule has 2 aromatic rings. The molecule has 0 saturated heterocycles. The normalized spacial score (nSPS) is 11.6. The molecular formula is C11H10F3N3O. The molecule has 1 heterocycles. The van der Waals surface area contributed by atoms with Gasteiger partial charge in [-0.2, -0.15) is 13.2 Å². The van der Waals surface area contributed by atoms with E-state index in [1.807, 2.05) is 0 Å². The van der Waals surface area contributed by atoms with Crippen molar-refractivity contribution in [3.05, 3.63) is 36.4 Å². The smallest absolute Gasteiger partial charge is 0.434 e. The molecule has 0 atom stereocenters. The summed E-state index contributed by atoms with van der Waals surface area (Å²) in [7, 11) is 1.42. The summed E-state index contributed by atoms with van der Waals surface area (Å²) in [6, 6.07) is 4.67. The predicted octanol–water partition coefficient (Wildman–Crippen LogP) is 2.48. The van der Waals surface area contributed by atoms with Gasteiger partial charge in [-0.15, -0.1) is 0 Å².